The van der Waals surface area contributed by atoms with E-state index in [0.29, 0.717) is 17.6 Å². The first-order valence-corrected chi connectivity index (χ1v) is 9.20. The Bertz CT molecular complexity index is 965. The van der Waals surface area contributed by atoms with E-state index >= 15 is 0 Å². The maximum absolute atomic E-state index is 13.2. The number of rotatable bonds is 5. The van der Waals surface area contributed by atoms with Crippen LogP contribution in [-0.4, -0.2) is 46.5 Å². The lowest BCUT2D eigenvalue weighted by Crippen LogP contribution is -2.47. The highest BCUT2D eigenvalue weighted by atomic mass is 16.4. The first-order chi connectivity index (χ1) is 13.1. The van der Waals surface area contributed by atoms with Crippen molar-refractivity contribution in [3.63, 3.8) is 0 Å². The second-order valence-electron chi connectivity index (χ2n) is 7.06. The molecule has 0 spiro atoms. The molecule has 0 N–H and O–H groups in total. The van der Waals surface area contributed by atoms with Gasteiger partial charge in [0.25, 0.3) is 0 Å². The quantitative estimate of drug-likeness (QED) is 0.690. The third-order valence-corrected chi connectivity index (χ3v) is 5.22. The smallest absolute Gasteiger partial charge is 0.420 e. The van der Waals surface area contributed by atoms with E-state index in [9.17, 15) is 9.59 Å². The molecule has 0 unspecified atom stereocenters. The summed E-state index contributed by atoms with van der Waals surface area (Å²) in [5.74, 6) is 0.132. The van der Waals surface area contributed by atoms with Gasteiger partial charge in [-0.1, -0.05) is 12.1 Å². The zero-order chi connectivity index (χ0) is 18.8. The molecule has 1 amide bonds. The summed E-state index contributed by atoms with van der Waals surface area (Å²) in [6.45, 7) is 2.26. The molecular weight excluding hydrogens is 346 g/mol. The predicted molar refractivity (Wildman–Crippen MR) is 100 cm³/mol. The summed E-state index contributed by atoms with van der Waals surface area (Å²) in [6.07, 6.45) is 3.43. The van der Waals surface area contributed by atoms with Crippen molar-refractivity contribution in [1.82, 2.24) is 14.4 Å². The summed E-state index contributed by atoms with van der Waals surface area (Å²) in [5, 5.41) is 0. The first kappa shape index (κ1) is 17.6. The lowest BCUT2D eigenvalue weighted by Gasteiger charge is -2.37. The van der Waals surface area contributed by atoms with Gasteiger partial charge in [-0.15, -0.1) is 0 Å². The van der Waals surface area contributed by atoms with Crippen LogP contribution >= 0.6 is 0 Å². The number of nitrogens with zero attached hydrogens (tertiary/aromatic N) is 3. The van der Waals surface area contributed by atoms with Crippen molar-refractivity contribution in [2.45, 2.75) is 32.0 Å². The maximum Gasteiger partial charge on any atom is 0.420 e. The Kier molecular flexibility index (Phi) is 4.85. The third-order valence-electron chi connectivity index (χ3n) is 5.22. The molecule has 0 radical (unpaired) electrons. The molecule has 3 aromatic rings. The molecule has 1 aliphatic rings. The summed E-state index contributed by atoms with van der Waals surface area (Å²) >= 11 is 0. The summed E-state index contributed by atoms with van der Waals surface area (Å²) in [6, 6.07) is 11.0. The van der Waals surface area contributed by atoms with Gasteiger partial charge < -0.3 is 18.6 Å². The lowest BCUT2D eigenvalue weighted by molar-refractivity contribution is -0.136. The molecule has 1 saturated heterocycles. The molecule has 7 heteroatoms. The minimum absolute atomic E-state index is 0.0388. The van der Waals surface area contributed by atoms with Gasteiger partial charge in [0.05, 0.1) is 18.3 Å². The molecule has 7 nitrogen and oxygen atoms in total. The van der Waals surface area contributed by atoms with Crippen LogP contribution in [0, 0.1) is 0 Å². The largest absolute Gasteiger partial charge is 0.467 e. The number of fused-ring (bicyclic) bond motifs is 1. The van der Waals surface area contributed by atoms with Gasteiger partial charge in [-0.2, -0.15) is 0 Å². The molecule has 2 aromatic heterocycles. The molecule has 1 aliphatic heterocycles. The van der Waals surface area contributed by atoms with Crippen LogP contribution in [0.2, 0.25) is 0 Å². The van der Waals surface area contributed by atoms with Gasteiger partial charge in [0.1, 0.15) is 12.3 Å². The Morgan fingerprint density at radius 1 is 1.19 bits per heavy atom. The van der Waals surface area contributed by atoms with E-state index in [1.807, 2.05) is 23.1 Å². The minimum Gasteiger partial charge on any atom is -0.467 e. The average Bonchev–Trinajstić information content (AvgIpc) is 3.29. The number of likely N-dealkylation sites (tertiary alicyclic amines) is 1. The van der Waals surface area contributed by atoms with E-state index in [2.05, 4.69) is 11.9 Å². The van der Waals surface area contributed by atoms with Crippen LogP contribution < -0.4 is 5.76 Å². The fraction of sp³-hybridized carbons (Fsp3) is 0.400. The number of aromatic nitrogens is 1. The minimum atomic E-state index is -0.508. The molecule has 27 heavy (non-hydrogen) atoms. The molecule has 0 saturated carbocycles. The standard InChI is InChI=1S/C20H23N3O4/c1-21-10-8-15(9-11-21)22(13-16-5-4-12-26-16)19(24)14-23-17-6-2-3-7-18(17)27-20(23)25/h2-7,12,15H,8-11,13-14H2,1H3. The summed E-state index contributed by atoms with van der Waals surface area (Å²) < 4.78 is 12.1. The van der Waals surface area contributed by atoms with Crippen molar-refractivity contribution < 1.29 is 13.6 Å². The number of para-hydroxylation sites is 2. The fourth-order valence-electron chi connectivity index (χ4n) is 3.69. The van der Waals surface area contributed by atoms with Crippen LogP contribution in [0.4, 0.5) is 0 Å². The highest BCUT2D eigenvalue weighted by molar-refractivity contribution is 5.79. The first-order valence-electron chi connectivity index (χ1n) is 9.20. The van der Waals surface area contributed by atoms with Crippen LogP contribution in [-0.2, 0) is 17.9 Å². The van der Waals surface area contributed by atoms with Crippen molar-refractivity contribution in [2.24, 2.45) is 0 Å². The molecule has 142 valence electrons. The van der Waals surface area contributed by atoms with Crippen LogP contribution in [0.3, 0.4) is 0 Å². The van der Waals surface area contributed by atoms with Gasteiger partial charge >= 0.3 is 5.76 Å². The number of benzene rings is 1. The highest BCUT2D eigenvalue weighted by Gasteiger charge is 2.28. The molecule has 0 atom stereocenters. The number of oxazole rings is 1. The Morgan fingerprint density at radius 3 is 2.70 bits per heavy atom. The van der Waals surface area contributed by atoms with E-state index in [4.69, 9.17) is 8.83 Å². The number of piperidine rings is 1. The average molecular weight is 369 g/mol. The maximum atomic E-state index is 13.2. The molecule has 4 rings (SSSR count). The van der Waals surface area contributed by atoms with Crippen molar-refractivity contribution >= 4 is 17.0 Å². The Hall–Kier alpha value is -2.80. The van der Waals surface area contributed by atoms with E-state index < -0.39 is 5.76 Å². The van der Waals surface area contributed by atoms with E-state index in [1.54, 1.807) is 24.5 Å². The normalized spacial score (nSPS) is 16.0. The monoisotopic (exact) mass is 369 g/mol. The van der Waals surface area contributed by atoms with Gasteiger partial charge in [0.15, 0.2) is 5.58 Å². The van der Waals surface area contributed by atoms with Crippen LogP contribution in [0.25, 0.3) is 11.1 Å². The topological polar surface area (TPSA) is 71.8 Å². The second kappa shape index (κ2) is 7.44. The summed E-state index contributed by atoms with van der Waals surface area (Å²) in [7, 11) is 2.09. The third kappa shape index (κ3) is 3.68. The van der Waals surface area contributed by atoms with Crippen molar-refractivity contribution in [3.05, 3.63) is 59.0 Å². The van der Waals surface area contributed by atoms with Crippen molar-refractivity contribution in [3.8, 4) is 0 Å². The van der Waals surface area contributed by atoms with Crippen LogP contribution in [0.5, 0.6) is 0 Å². The number of hydrogen-bond acceptors (Lipinski definition) is 5. The van der Waals surface area contributed by atoms with E-state index in [0.717, 1.165) is 31.7 Å². The second-order valence-corrected chi connectivity index (χ2v) is 7.06. The number of amides is 1. The van der Waals surface area contributed by atoms with Gasteiger partial charge in [0, 0.05) is 6.04 Å². The zero-order valence-corrected chi connectivity index (χ0v) is 15.3. The van der Waals surface area contributed by atoms with Gasteiger partial charge in [-0.3, -0.25) is 9.36 Å². The Labute approximate surface area is 156 Å². The lowest BCUT2D eigenvalue weighted by atomic mass is 10.0. The Morgan fingerprint density at radius 2 is 1.96 bits per heavy atom. The number of carbonyl (C=O) groups is 1. The van der Waals surface area contributed by atoms with Crippen LogP contribution in [0.15, 0.2) is 56.3 Å². The highest BCUT2D eigenvalue weighted by Crippen LogP contribution is 2.20. The molecule has 0 aliphatic carbocycles. The number of furan rings is 1. The van der Waals surface area contributed by atoms with Crippen molar-refractivity contribution in [2.75, 3.05) is 20.1 Å². The Balaban J connectivity index is 1.59. The summed E-state index contributed by atoms with van der Waals surface area (Å²) in [5.41, 5.74) is 1.13. The van der Waals surface area contributed by atoms with Gasteiger partial charge in [0.2, 0.25) is 5.91 Å². The van der Waals surface area contributed by atoms with E-state index in [1.165, 1.54) is 4.57 Å². The number of hydrogen-bond donors (Lipinski definition) is 0. The predicted octanol–water partition coefficient (Wildman–Crippen LogP) is 2.31. The molecule has 0 bridgehead atoms. The molecule has 1 fully saturated rings. The molecule has 3 heterocycles. The SMILES string of the molecule is CN1CCC(N(Cc2ccco2)C(=O)Cn2c(=O)oc3ccccc32)CC1. The fourth-order valence-corrected chi connectivity index (χ4v) is 3.69. The van der Waals surface area contributed by atoms with Gasteiger partial charge in [-0.25, -0.2) is 4.79 Å². The molecule has 1 aromatic carbocycles. The van der Waals surface area contributed by atoms with Gasteiger partial charge in [-0.05, 0) is 57.2 Å². The zero-order valence-electron chi connectivity index (χ0n) is 15.3. The van der Waals surface area contributed by atoms with E-state index in [-0.39, 0.29) is 18.5 Å². The van der Waals surface area contributed by atoms with Crippen LogP contribution in [0.1, 0.15) is 18.6 Å². The number of carbonyl (C=O) groups excluding carboxylic acids is 1. The van der Waals surface area contributed by atoms with Crippen molar-refractivity contribution in [1.29, 1.82) is 0 Å². The molecular formula is C20H23N3O4. The summed E-state index contributed by atoms with van der Waals surface area (Å²) in [4.78, 5) is 29.5.